The Morgan fingerprint density at radius 2 is 1.91 bits per heavy atom. The van der Waals surface area contributed by atoms with Crippen molar-refractivity contribution in [2.45, 2.75) is 40.2 Å². The lowest BCUT2D eigenvalue weighted by molar-refractivity contribution is 0.132. The molecule has 2 N–H and O–H groups in total. The van der Waals surface area contributed by atoms with Gasteiger partial charge in [-0.25, -0.2) is 4.79 Å². The standard InChI is InChI=1S/C18H29N3O/c1-13-9-14(2)11-21(10-13)12-16(4)19-18(22)20-17-8-6-5-7-15(17)3/h5-8,13-14,16H,9-12H2,1-4H3,(H2,19,20,22)/t13-,14+,16-/m0/s1. The third kappa shape index (κ3) is 5.02. The minimum Gasteiger partial charge on any atom is -0.334 e. The van der Waals surface area contributed by atoms with Crippen molar-refractivity contribution in [3.05, 3.63) is 29.8 Å². The lowest BCUT2D eigenvalue weighted by Crippen LogP contribution is -2.47. The van der Waals surface area contributed by atoms with Gasteiger partial charge in [-0.15, -0.1) is 0 Å². The number of urea groups is 1. The number of piperidine rings is 1. The van der Waals surface area contributed by atoms with Crippen molar-refractivity contribution >= 4 is 11.7 Å². The van der Waals surface area contributed by atoms with Crippen LogP contribution >= 0.6 is 0 Å². The van der Waals surface area contributed by atoms with E-state index in [4.69, 9.17) is 0 Å². The fourth-order valence-corrected chi connectivity index (χ4v) is 3.47. The van der Waals surface area contributed by atoms with E-state index >= 15 is 0 Å². The van der Waals surface area contributed by atoms with Crippen molar-refractivity contribution in [3.8, 4) is 0 Å². The van der Waals surface area contributed by atoms with Gasteiger partial charge in [0.25, 0.3) is 0 Å². The number of hydrogen-bond acceptors (Lipinski definition) is 2. The van der Waals surface area contributed by atoms with Crippen molar-refractivity contribution in [2.75, 3.05) is 25.0 Å². The second-order valence-electron chi connectivity index (χ2n) is 6.98. The molecular weight excluding hydrogens is 274 g/mol. The number of likely N-dealkylation sites (tertiary alicyclic amines) is 1. The predicted octanol–water partition coefficient (Wildman–Crippen LogP) is 3.48. The van der Waals surface area contributed by atoms with Crippen LogP contribution in [0.15, 0.2) is 24.3 Å². The maximum atomic E-state index is 12.1. The first-order chi connectivity index (χ1) is 10.4. The van der Waals surface area contributed by atoms with Crippen molar-refractivity contribution < 1.29 is 4.79 Å². The summed E-state index contributed by atoms with van der Waals surface area (Å²) in [6.07, 6.45) is 1.31. The summed E-state index contributed by atoms with van der Waals surface area (Å²) in [7, 11) is 0. The number of aryl methyl sites for hydroxylation is 1. The number of carbonyl (C=O) groups is 1. The molecule has 1 aliphatic heterocycles. The molecule has 1 aromatic rings. The highest BCUT2D eigenvalue weighted by Crippen LogP contribution is 2.20. The Morgan fingerprint density at radius 3 is 2.55 bits per heavy atom. The zero-order chi connectivity index (χ0) is 16.1. The fourth-order valence-electron chi connectivity index (χ4n) is 3.47. The Bertz CT molecular complexity index is 493. The number of anilines is 1. The van der Waals surface area contributed by atoms with Gasteiger partial charge in [-0.1, -0.05) is 32.0 Å². The van der Waals surface area contributed by atoms with Gasteiger partial charge >= 0.3 is 6.03 Å². The highest BCUT2D eigenvalue weighted by atomic mass is 16.2. The zero-order valence-corrected chi connectivity index (χ0v) is 14.2. The monoisotopic (exact) mass is 303 g/mol. The molecule has 0 unspecified atom stereocenters. The Hall–Kier alpha value is -1.55. The van der Waals surface area contributed by atoms with E-state index in [-0.39, 0.29) is 12.1 Å². The zero-order valence-electron chi connectivity index (χ0n) is 14.2. The smallest absolute Gasteiger partial charge is 0.319 e. The number of nitrogens with zero attached hydrogens (tertiary/aromatic N) is 1. The van der Waals surface area contributed by atoms with Gasteiger partial charge in [0.15, 0.2) is 0 Å². The number of rotatable bonds is 4. The summed E-state index contributed by atoms with van der Waals surface area (Å²) in [6.45, 7) is 11.9. The van der Waals surface area contributed by atoms with Gasteiger partial charge in [-0.3, -0.25) is 0 Å². The molecule has 4 nitrogen and oxygen atoms in total. The van der Waals surface area contributed by atoms with Crippen LogP contribution in [0.1, 0.15) is 32.8 Å². The van der Waals surface area contributed by atoms with E-state index in [0.717, 1.165) is 42.7 Å². The van der Waals surface area contributed by atoms with Gasteiger partial charge in [0, 0.05) is 31.4 Å². The third-order valence-electron chi connectivity index (χ3n) is 4.25. The lowest BCUT2D eigenvalue weighted by Gasteiger charge is -2.36. The predicted molar refractivity (Wildman–Crippen MR) is 92.2 cm³/mol. The molecule has 1 fully saturated rings. The summed E-state index contributed by atoms with van der Waals surface area (Å²) in [4.78, 5) is 14.6. The summed E-state index contributed by atoms with van der Waals surface area (Å²) < 4.78 is 0. The Labute approximate surface area is 134 Å². The molecule has 4 heteroatoms. The molecule has 0 saturated carbocycles. The average molecular weight is 303 g/mol. The maximum Gasteiger partial charge on any atom is 0.319 e. The second-order valence-corrected chi connectivity index (χ2v) is 6.98. The van der Waals surface area contributed by atoms with Gasteiger partial charge in [-0.05, 0) is 43.7 Å². The first-order valence-corrected chi connectivity index (χ1v) is 8.29. The highest BCUT2D eigenvalue weighted by molar-refractivity contribution is 5.90. The number of nitrogens with one attached hydrogen (secondary N) is 2. The van der Waals surface area contributed by atoms with Gasteiger partial charge in [0.05, 0.1) is 0 Å². The van der Waals surface area contributed by atoms with Crippen LogP contribution in [-0.4, -0.2) is 36.6 Å². The molecule has 1 aliphatic rings. The van der Waals surface area contributed by atoms with Crippen molar-refractivity contribution in [1.82, 2.24) is 10.2 Å². The van der Waals surface area contributed by atoms with Crippen molar-refractivity contribution in [1.29, 1.82) is 0 Å². The average Bonchev–Trinajstić information content (AvgIpc) is 2.39. The minimum atomic E-state index is -0.125. The molecule has 0 bridgehead atoms. The van der Waals surface area contributed by atoms with Crippen LogP contribution in [-0.2, 0) is 0 Å². The third-order valence-corrected chi connectivity index (χ3v) is 4.25. The van der Waals surface area contributed by atoms with Crippen molar-refractivity contribution in [3.63, 3.8) is 0 Å². The molecule has 1 saturated heterocycles. The van der Waals surface area contributed by atoms with Gasteiger partial charge in [0.2, 0.25) is 0 Å². The molecule has 22 heavy (non-hydrogen) atoms. The molecule has 1 heterocycles. The molecule has 2 rings (SSSR count). The van der Waals surface area contributed by atoms with E-state index < -0.39 is 0 Å². The van der Waals surface area contributed by atoms with Crippen LogP contribution < -0.4 is 10.6 Å². The van der Waals surface area contributed by atoms with Crippen LogP contribution in [0.3, 0.4) is 0 Å². The van der Waals surface area contributed by atoms with E-state index in [9.17, 15) is 4.79 Å². The van der Waals surface area contributed by atoms with Gasteiger partial charge in [-0.2, -0.15) is 0 Å². The van der Waals surface area contributed by atoms with Crippen LogP contribution in [0.2, 0.25) is 0 Å². The number of amides is 2. The molecule has 0 spiro atoms. The summed E-state index contributed by atoms with van der Waals surface area (Å²) in [6, 6.07) is 7.84. The van der Waals surface area contributed by atoms with Gasteiger partial charge in [0.1, 0.15) is 0 Å². The normalized spacial score (nSPS) is 23.8. The van der Waals surface area contributed by atoms with E-state index in [1.54, 1.807) is 0 Å². The summed E-state index contributed by atoms with van der Waals surface area (Å²) >= 11 is 0. The van der Waals surface area contributed by atoms with Crippen LogP contribution in [0.25, 0.3) is 0 Å². The Morgan fingerprint density at radius 1 is 1.27 bits per heavy atom. The Balaban J connectivity index is 1.80. The highest BCUT2D eigenvalue weighted by Gasteiger charge is 2.23. The molecule has 2 amide bonds. The number of benzene rings is 1. The fraction of sp³-hybridized carbons (Fsp3) is 0.611. The minimum absolute atomic E-state index is 0.125. The molecule has 122 valence electrons. The number of carbonyl (C=O) groups excluding carboxylic acids is 1. The first kappa shape index (κ1) is 16.8. The van der Waals surface area contributed by atoms with E-state index in [2.05, 4.69) is 36.3 Å². The quantitative estimate of drug-likeness (QED) is 0.894. The first-order valence-electron chi connectivity index (χ1n) is 8.29. The summed E-state index contributed by atoms with van der Waals surface area (Å²) in [5.74, 6) is 1.49. The van der Waals surface area contributed by atoms with E-state index in [1.807, 2.05) is 31.2 Å². The second kappa shape index (κ2) is 7.63. The maximum absolute atomic E-state index is 12.1. The van der Waals surface area contributed by atoms with Crippen LogP contribution in [0.4, 0.5) is 10.5 Å². The molecular formula is C18H29N3O. The van der Waals surface area contributed by atoms with Crippen LogP contribution in [0, 0.1) is 18.8 Å². The van der Waals surface area contributed by atoms with Crippen molar-refractivity contribution in [2.24, 2.45) is 11.8 Å². The molecule has 0 aliphatic carbocycles. The molecule has 0 radical (unpaired) electrons. The number of para-hydroxylation sites is 1. The summed E-state index contributed by atoms with van der Waals surface area (Å²) in [5, 5.41) is 5.97. The lowest BCUT2D eigenvalue weighted by atomic mass is 9.92. The van der Waals surface area contributed by atoms with Crippen LogP contribution in [0.5, 0.6) is 0 Å². The van der Waals surface area contributed by atoms with E-state index in [1.165, 1.54) is 6.42 Å². The largest absolute Gasteiger partial charge is 0.334 e. The SMILES string of the molecule is Cc1ccccc1NC(=O)N[C@@H](C)CN1C[C@H](C)C[C@H](C)C1. The van der Waals surface area contributed by atoms with E-state index in [0.29, 0.717) is 0 Å². The molecule has 0 aromatic heterocycles. The molecule has 1 aromatic carbocycles. The topological polar surface area (TPSA) is 44.4 Å². The Kier molecular flexibility index (Phi) is 5.83. The molecule has 3 atom stereocenters. The van der Waals surface area contributed by atoms with Gasteiger partial charge < -0.3 is 15.5 Å². The number of hydrogen-bond donors (Lipinski definition) is 2. The summed E-state index contributed by atoms with van der Waals surface area (Å²) in [5.41, 5.74) is 1.94.